The quantitative estimate of drug-likeness (QED) is 0.495. The number of allylic oxidation sites excluding steroid dienone is 3. The van der Waals surface area contributed by atoms with Crippen LogP contribution in [0.15, 0.2) is 78.4 Å². The molecule has 0 amide bonds. The molecule has 5 rings (SSSR count). The number of hydrogen-bond donors (Lipinski definition) is 0. The van der Waals surface area contributed by atoms with Crippen LogP contribution in [0.1, 0.15) is 34.2 Å². The number of halogens is 2. The van der Waals surface area contributed by atoms with Crippen molar-refractivity contribution in [1.29, 1.82) is 0 Å². The second kappa shape index (κ2) is 5.75. The molecule has 0 bridgehead atoms. The molecule has 0 saturated heterocycles. The molecular weight excluding hydrogens is 338 g/mol. The predicted octanol–water partition coefficient (Wildman–Crippen LogP) is 6.44. The van der Waals surface area contributed by atoms with Gasteiger partial charge in [0.15, 0.2) is 0 Å². The van der Waals surface area contributed by atoms with Gasteiger partial charge in [-0.15, -0.1) is 0 Å². The topological polar surface area (TPSA) is 0 Å². The number of fused-ring (bicyclic) bond motifs is 3. The third-order valence-corrected chi connectivity index (χ3v) is 5.83. The monoisotopic (exact) mass is 356 g/mol. The van der Waals surface area contributed by atoms with Crippen LogP contribution < -0.4 is 0 Å². The molecule has 2 aliphatic carbocycles. The van der Waals surface area contributed by atoms with Gasteiger partial charge in [-0.1, -0.05) is 54.1 Å². The van der Waals surface area contributed by atoms with Crippen molar-refractivity contribution in [3.8, 4) is 0 Å². The molecule has 0 saturated carbocycles. The Hall–Kier alpha value is -3.00. The largest absolute Gasteiger partial charge is 0.207 e. The highest BCUT2D eigenvalue weighted by Crippen LogP contribution is 2.56. The SMILES string of the molecule is Cc1ccc2c(c1)C=C1C2=CCC1(c1ccc(F)cc1)c1ccc(F)cc1. The fraction of sp³-hybridized carbons (Fsp3) is 0.120. The second-order valence-corrected chi connectivity index (χ2v) is 7.39. The molecule has 3 aromatic rings. The Morgan fingerprint density at radius 2 is 1.37 bits per heavy atom. The van der Waals surface area contributed by atoms with Crippen LogP contribution in [0.4, 0.5) is 8.78 Å². The molecule has 0 nitrogen and oxygen atoms in total. The van der Waals surface area contributed by atoms with Crippen molar-refractivity contribution < 1.29 is 8.78 Å². The summed E-state index contributed by atoms with van der Waals surface area (Å²) in [6.45, 7) is 2.09. The molecule has 0 aromatic heterocycles. The van der Waals surface area contributed by atoms with Gasteiger partial charge in [-0.25, -0.2) is 8.78 Å². The van der Waals surface area contributed by atoms with Crippen molar-refractivity contribution in [2.24, 2.45) is 0 Å². The van der Waals surface area contributed by atoms with Gasteiger partial charge in [-0.3, -0.25) is 0 Å². The van der Waals surface area contributed by atoms with Gasteiger partial charge in [0.1, 0.15) is 11.6 Å². The molecule has 0 fully saturated rings. The number of rotatable bonds is 2. The van der Waals surface area contributed by atoms with Crippen LogP contribution in [-0.2, 0) is 5.41 Å². The van der Waals surface area contributed by atoms with E-state index in [1.165, 1.54) is 52.1 Å². The summed E-state index contributed by atoms with van der Waals surface area (Å²) in [5.74, 6) is -0.503. The summed E-state index contributed by atoms with van der Waals surface area (Å²) in [5, 5.41) is 0. The first-order valence-corrected chi connectivity index (χ1v) is 9.14. The average molecular weight is 356 g/mol. The van der Waals surface area contributed by atoms with Crippen molar-refractivity contribution >= 4 is 11.6 Å². The molecule has 2 aliphatic rings. The molecule has 0 heterocycles. The van der Waals surface area contributed by atoms with Crippen LogP contribution in [0.3, 0.4) is 0 Å². The molecule has 0 unspecified atom stereocenters. The Balaban J connectivity index is 1.75. The molecule has 3 aromatic carbocycles. The van der Waals surface area contributed by atoms with Crippen LogP contribution in [0.2, 0.25) is 0 Å². The average Bonchev–Trinajstić information content (AvgIpc) is 3.20. The van der Waals surface area contributed by atoms with Crippen molar-refractivity contribution in [1.82, 2.24) is 0 Å². The zero-order valence-electron chi connectivity index (χ0n) is 15.0. The molecular formula is C25H18F2. The Morgan fingerprint density at radius 1 is 0.778 bits per heavy atom. The molecule has 2 heteroatoms. The van der Waals surface area contributed by atoms with Gasteiger partial charge < -0.3 is 0 Å². The number of hydrogen-bond acceptors (Lipinski definition) is 0. The Labute approximate surface area is 157 Å². The van der Waals surface area contributed by atoms with Gasteiger partial charge in [-0.05, 0) is 77.1 Å². The minimum absolute atomic E-state index is 0.251. The molecule has 0 radical (unpaired) electrons. The van der Waals surface area contributed by atoms with Crippen LogP contribution in [0.25, 0.3) is 11.6 Å². The number of benzene rings is 3. The highest BCUT2D eigenvalue weighted by atomic mass is 19.1. The van der Waals surface area contributed by atoms with Crippen molar-refractivity contribution in [3.63, 3.8) is 0 Å². The van der Waals surface area contributed by atoms with Crippen LogP contribution in [-0.4, -0.2) is 0 Å². The summed E-state index contributed by atoms with van der Waals surface area (Å²) < 4.78 is 27.2. The number of aryl methyl sites for hydroxylation is 1. The van der Waals surface area contributed by atoms with Crippen molar-refractivity contribution in [2.75, 3.05) is 0 Å². The van der Waals surface area contributed by atoms with Crippen LogP contribution in [0.5, 0.6) is 0 Å². The Morgan fingerprint density at radius 3 is 1.96 bits per heavy atom. The van der Waals surface area contributed by atoms with E-state index in [1.54, 1.807) is 0 Å². The van der Waals surface area contributed by atoms with Gasteiger partial charge in [0, 0.05) is 5.41 Å². The van der Waals surface area contributed by atoms with Gasteiger partial charge in [-0.2, -0.15) is 0 Å². The van der Waals surface area contributed by atoms with Gasteiger partial charge in [0.05, 0.1) is 0 Å². The van der Waals surface area contributed by atoms with E-state index in [1.807, 2.05) is 24.3 Å². The lowest BCUT2D eigenvalue weighted by molar-refractivity contribution is 0.611. The minimum atomic E-state index is -0.427. The molecule has 27 heavy (non-hydrogen) atoms. The smallest absolute Gasteiger partial charge is 0.123 e. The normalized spacial score (nSPS) is 16.6. The first-order chi connectivity index (χ1) is 13.1. The van der Waals surface area contributed by atoms with Gasteiger partial charge in [0.25, 0.3) is 0 Å². The lowest BCUT2D eigenvalue weighted by atomic mass is 9.69. The van der Waals surface area contributed by atoms with Crippen LogP contribution >= 0.6 is 0 Å². The standard InChI is InChI=1S/C25H18F2/c1-16-2-11-22-17(14-16)15-24-23(22)12-13-25(24,18-3-7-20(26)8-4-18)19-5-9-21(27)10-6-19/h2-12,14-15H,13H2,1H3. The third-order valence-electron chi connectivity index (χ3n) is 5.83. The highest BCUT2D eigenvalue weighted by molar-refractivity contribution is 6.00. The molecule has 0 atom stereocenters. The first-order valence-electron chi connectivity index (χ1n) is 9.14. The lowest BCUT2D eigenvalue weighted by Crippen LogP contribution is -2.26. The maximum atomic E-state index is 13.6. The summed E-state index contributed by atoms with van der Waals surface area (Å²) >= 11 is 0. The lowest BCUT2D eigenvalue weighted by Gasteiger charge is -2.33. The van der Waals surface area contributed by atoms with E-state index in [9.17, 15) is 8.78 Å². The summed E-state index contributed by atoms with van der Waals surface area (Å²) in [4.78, 5) is 0. The fourth-order valence-corrected chi connectivity index (χ4v) is 4.55. The van der Waals surface area contributed by atoms with E-state index in [-0.39, 0.29) is 11.6 Å². The molecule has 0 spiro atoms. The first kappa shape index (κ1) is 16.2. The molecule has 0 N–H and O–H groups in total. The Kier molecular flexibility index (Phi) is 3.45. The van der Waals surface area contributed by atoms with Crippen LogP contribution in [0, 0.1) is 18.6 Å². The second-order valence-electron chi connectivity index (χ2n) is 7.39. The van der Waals surface area contributed by atoms with Gasteiger partial charge in [0.2, 0.25) is 0 Å². The van der Waals surface area contributed by atoms with Crippen molar-refractivity contribution in [2.45, 2.75) is 18.8 Å². The summed E-state index contributed by atoms with van der Waals surface area (Å²) in [6, 6.07) is 19.9. The summed E-state index contributed by atoms with van der Waals surface area (Å²) in [6.07, 6.45) is 5.28. The third kappa shape index (κ3) is 2.33. The van der Waals surface area contributed by atoms with E-state index < -0.39 is 5.41 Å². The van der Waals surface area contributed by atoms with E-state index in [2.05, 4.69) is 37.3 Å². The summed E-state index contributed by atoms with van der Waals surface area (Å²) in [7, 11) is 0. The Bertz CT molecular complexity index is 1050. The maximum Gasteiger partial charge on any atom is 0.123 e. The van der Waals surface area contributed by atoms with E-state index in [0.29, 0.717) is 0 Å². The predicted molar refractivity (Wildman–Crippen MR) is 105 cm³/mol. The fourth-order valence-electron chi connectivity index (χ4n) is 4.55. The summed E-state index contributed by atoms with van der Waals surface area (Å²) in [5.41, 5.74) is 7.74. The zero-order valence-corrected chi connectivity index (χ0v) is 15.0. The molecule has 132 valence electrons. The van der Waals surface area contributed by atoms with Crippen molar-refractivity contribution in [3.05, 3.63) is 118 Å². The molecule has 0 aliphatic heterocycles. The van der Waals surface area contributed by atoms with E-state index >= 15 is 0 Å². The zero-order chi connectivity index (χ0) is 18.6. The van der Waals surface area contributed by atoms with E-state index in [0.717, 1.165) is 17.5 Å². The highest BCUT2D eigenvalue weighted by Gasteiger charge is 2.45. The van der Waals surface area contributed by atoms with E-state index in [4.69, 9.17) is 0 Å². The minimum Gasteiger partial charge on any atom is -0.207 e. The maximum absolute atomic E-state index is 13.6. The van der Waals surface area contributed by atoms with Gasteiger partial charge >= 0.3 is 0 Å².